The number of rotatable bonds is 5. The molecule has 3 aromatic rings. The SMILES string of the molecule is Cc1ccc([C@@H](CNC(=O)c2cc(=O)c3ccccc3o2)N2CCOCC2)cc1. The van der Waals surface area contributed by atoms with Gasteiger partial charge in [-0.05, 0) is 24.6 Å². The summed E-state index contributed by atoms with van der Waals surface area (Å²) < 4.78 is 11.1. The number of hydrogen-bond acceptors (Lipinski definition) is 5. The fourth-order valence-electron chi connectivity index (χ4n) is 3.63. The highest BCUT2D eigenvalue weighted by Gasteiger charge is 2.24. The summed E-state index contributed by atoms with van der Waals surface area (Å²) >= 11 is 0. The molecule has 29 heavy (non-hydrogen) atoms. The Morgan fingerprint density at radius 1 is 1.10 bits per heavy atom. The molecular formula is C23H24N2O4. The number of amides is 1. The topological polar surface area (TPSA) is 71.8 Å². The lowest BCUT2D eigenvalue weighted by Gasteiger charge is -2.35. The molecule has 1 aliphatic heterocycles. The Kier molecular flexibility index (Phi) is 5.74. The van der Waals surface area contributed by atoms with Crippen molar-refractivity contribution in [2.24, 2.45) is 0 Å². The van der Waals surface area contributed by atoms with Gasteiger partial charge >= 0.3 is 0 Å². The number of nitrogens with one attached hydrogen (secondary N) is 1. The van der Waals surface area contributed by atoms with Gasteiger partial charge in [-0.2, -0.15) is 0 Å². The van der Waals surface area contributed by atoms with Crippen LogP contribution in [0, 0.1) is 6.92 Å². The van der Waals surface area contributed by atoms with Crippen molar-refractivity contribution < 1.29 is 13.9 Å². The molecule has 1 saturated heterocycles. The Morgan fingerprint density at radius 3 is 2.59 bits per heavy atom. The summed E-state index contributed by atoms with van der Waals surface area (Å²) in [4.78, 5) is 27.3. The molecule has 0 unspecified atom stereocenters. The molecular weight excluding hydrogens is 368 g/mol. The number of morpholine rings is 1. The minimum Gasteiger partial charge on any atom is -0.451 e. The third-order valence-corrected chi connectivity index (χ3v) is 5.26. The van der Waals surface area contributed by atoms with Gasteiger partial charge in [0.05, 0.1) is 24.6 Å². The zero-order valence-corrected chi connectivity index (χ0v) is 16.4. The smallest absolute Gasteiger partial charge is 0.287 e. The summed E-state index contributed by atoms with van der Waals surface area (Å²) in [5, 5.41) is 3.41. The van der Waals surface area contributed by atoms with Gasteiger partial charge in [-0.3, -0.25) is 14.5 Å². The molecule has 2 heterocycles. The molecule has 1 fully saturated rings. The molecule has 1 aliphatic rings. The second-order valence-electron chi connectivity index (χ2n) is 7.26. The van der Waals surface area contributed by atoms with Crippen LogP contribution in [0.2, 0.25) is 0 Å². The van der Waals surface area contributed by atoms with Crippen molar-refractivity contribution in [3.63, 3.8) is 0 Å². The van der Waals surface area contributed by atoms with E-state index in [-0.39, 0.29) is 17.2 Å². The Morgan fingerprint density at radius 2 is 1.83 bits per heavy atom. The van der Waals surface area contributed by atoms with E-state index in [2.05, 4.69) is 41.4 Å². The predicted molar refractivity (Wildman–Crippen MR) is 111 cm³/mol. The quantitative estimate of drug-likeness (QED) is 0.723. The summed E-state index contributed by atoms with van der Waals surface area (Å²) in [5.74, 6) is -0.364. The Bertz CT molecular complexity index is 1050. The van der Waals surface area contributed by atoms with Crippen LogP contribution in [-0.4, -0.2) is 43.7 Å². The second-order valence-corrected chi connectivity index (χ2v) is 7.26. The number of fused-ring (bicyclic) bond motifs is 1. The van der Waals surface area contributed by atoms with Crippen LogP contribution in [0.3, 0.4) is 0 Å². The number of benzene rings is 2. The van der Waals surface area contributed by atoms with Crippen molar-refractivity contribution >= 4 is 16.9 Å². The Labute approximate surface area is 169 Å². The molecule has 1 atom stereocenters. The molecule has 6 nitrogen and oxygen atoms in total. The zero-order chi connectivity index (χ0) is 20.2. The predicted octanol–water partition coefficient (Wildman–Crippen LogP) is 2.90. The molecule has 0 saturated carbocycles. The number of carbonyl (C=O) groups excluding carboxylic acids is 1. The third-order valence-electron chi connectivity index (χ3n) is 5.26. The van der Waals surface area contributed by atoms with Crippen LogP contribution >= 0.6 is 0 Å². The van der Waals surface area contributed by atoms with Gasteiger partial charge in [0.2, 0.25) is 0 Å². The number of para-hydroxylation sites is 1. The second kappa shape index (κ2) is 8.59. The lowest BCUT2D eigenvalue weighted by Crippen LogP contribution is -2.43. The van der Waals surface area contributed by atoms with Gasteiger partial charge in [0, 0.05) is 25.7 Å². The third kappa shape index (κ3) is 4.39. The summed E-state index contributed by atoms with van der Waals surface area (Å²) in [6.45, 7) is 5.43. The average Bonchev–Trinajstić information content (AvgIpc) is 2.75. The first-order valence-corrected chi connectivity index (χ1v) is 9.81. The van der Waals surface area contributed by atoms with Crippen molar-refractivity contribution in [2.75, 3.05) is 32.8 Å². The van der Waals surface area contributed by atoms with Gasteiger partial charge in [-0.15, -0.1) is 0 Å². The number of carbonyl (C=O) groups is 1. The van der Waals surface area contributed by atoms with Gasteiger partial charge in [0.1, 0.15) is 5.58 Å². The van der Waals surface area contributed by atoms with Gasteiger partial charge in [-0.1, -0.05) is 42.0 Å². The average molecular weight is 392 g/mol. The maximum Gasteiger partial charge on any atom is 0.287 e. The summed E-state index contributed by atoms with van der Waals surface area (Å²) in [6, 6.07) is 16.6. The largest absolute Gasteiger partial charge is 0.451 e. The number of ether oxygens (including phenoxy) is 1. The number of nitrogens with zero attached hydrogens (tertiary/aromatic N) is 1. The van der Waals surface area contributed by atoms with Crippen molar-refractivity contribution in [3.05, 3.63) is 81.7 Å². The maximum atomic E-state index is 12.7. The molecule has 1 N–H and O–H groups in total. The fraction of sp³-hybridized carbons (Fsp3) is 0.304. The highest BCUT2D eigenvalue weighted by molar-refractivity contribution is 5.93. The van der Waals surface area contributed by atoms with Gasteiger partial charge in [0.25, 0.3) is 5.91 Å². The van der Waals surface area contributed by atoms with Crippen molar-refractivity contribution in [2.45, 2.75) is 13.0 Å². The van der Waals surface area contributed by atoms with Gasteiger partial charge < -0.3 is 14.5 Å². The van der Waals surface area contributed by atoms with Crippen molar-refractivity contribution in [3.8, 4) is 0 Å². The number of aryl methyl sites for hydroxylation is 1. The van der Waals surface area contributed by atoms with Crippen LogP contribution in [0.15, 0.2) is 63.8 Å². The van der Waals surface area contributed by atoms with Crippen molar-refractivity contribution in [1.29, 1.82) is 0 Å². The van der Waals surface area contributed by atoms with Crippen molar-refractivity contribution in [1.82, 2.24) is 10.2 Å². The number of hydrogen-bond donors (Lipinski definition) is 1. The molecule has 0 spiro atoms. The molecule has 6 heteroatoms. The fourth-order valence-corrected chi connectivity index (χ4v) is 3.63. The van der Waals surface area contributed by atoms with Crippen LogP contribution in [0.25, 0.3) is 11.0 Å². The van der Waals surface area contributed by atoms with Crippen LogP contribution in [0.4, 0.5) is 0 Å². The Balaban J connectivity index is 1.54. The van der Waals surface area contributed by atoms with E-state index >= 15 is 0 Å². The lowest BCUT2D eigenvalue weighted by molar-refractivity contribution is 0.0161. The molecule has 150 valence electrons. The van der Waals surface area contributed by atoms with Gasteiger partial charge in [0.15, 0.2) is 11.2 Å². The first kappa shape index (κ1) is 19.4. The first-order chi connectivity index (χ1) is 14.1. The normalized spacial score (nSPS) is 15.9. The van der Waals surface area contributed by atoms with Crippen LogP contribution < -0.4 is 10.7 Å². The first-order valence-electron chi connectivity index (χ1n) is 9.81. The van der Waals surface area contributed by atoms with Gasteiger partial charge in [-0.25, -0.2) is 0 Å². The molecule has 1 amide bonds. The highest BCUT2D eigenvalue weighted by Crippen LogP contribution is 2.22. The van der Waals surface area contributed by atoms with E-state index in [9.17, 15) is 9.59 Å². The summed E-state index contributed by atoms with van der Waals surface area (Å²) in [5.41, 5.74) is 2.52. The van der Waals surface area contributed by atoms with Crippen LogP contribution in [0.5, 0.6) is 0 Å². The maximum absolute atomic E-state index is 12.7. The standard InChI is InChI=1S/C23H24N2O4/c1-16-6-8-17(9-7-16)19(25-10-12-28-13-11-25)15-24-23(27)22-14-20(26)18-4-2-3-5-21(18)29-22/h2-9,14,19H,10-13,15H2,1H3,(H,24,27)/t19-/m1/s1. The monoisotopic (exact) mass is 392 g/mol. The van der Waals surface area contributed by atoms with E-state index in [0.29, 0.717) is 30.7 Å². The van der Waals surface area contributed by atoms with E-state index in [4.69, 9.17) is 9.15 Å². The zero-order valence-electron chi connectivity index (χ0n) is 16.4. The molecule has 2 aromatic carbocycles. The molecule has 0 bridgehead atoms. The molecule has 1 aromatic heterocycles. The molecule has 0 radical (unpaired) electrons. The Hall–Kier alpha value is -2.96. The van der Waals surface area contributed by atoms with E-state index in [1.54, 1.807) is 24.3 Å². The molecule has 0 aliphatic carbocycles. The lowest BCUT2D eigenvalue weighted by atomic mass is 10.0. The van der Waals surface area contributed by atoms with E-state index in [0.717, 1.165) is 18.7 Å². The van der Waals surface area contributed by atoms with Crippen LogP contribution in [0.1, 0.15) is 27.7 Å². The van der Waals surface area contributed by atoms with E-state index < -0.39 is 5.91 Å². The van der Waals surface area contributed by atoms with Crippen LogP contribution in [-0.2, 0) is 4.74 Å². The molecule has 4 rings (SSSR count). The minimum atomic E-state index is -0.391. The van der Waals surface area contributed by atoms with E-state index in [1.807, 2.05) is 0 Å². The summed E-state index contributed by atoms with van der Waals surface area (Å²) in [7, 11) is 0. The minimum absolute atomic E-state index is 0.0237. The highest BCUT2D eigenvalue weighted by atomic mass is 16.5. The van der Waals surface area contributed by atoms with E-state index in [1.165, 1.54) is 11.6 Å². The summed E-state index contributed by atoms with van der Waals surface area (Å²) in [6.07, 6.45) is 0.